The van der Waals surface area contributed by atoms with E-state index in [1.165, 1.54) is 37.7 Å². The molecule has 0 saturated heterocycles. The summed E-state index contributed by atoms with van der Waals surface area (Å²) in [7, 11) is 1.99. The van der Waals surface area contributed by atoms with Gasteiger partial charge in [-0.25, -0.2) is 0 Å². The second kappa shape index (κ2) is 7.74. The molecule has 0 aliphatic heterocycles. The number of halogens is 1. The largest absolute Gasteiger partial charge is 0.364 e. The molecule has 5 nitrogen and oxygen atoms in total. The molecule has 132 valence electrons. The SMILES string of the molecule is Cn1cc(C2CCCCC2)cn1.NC(=O)c1cc2cc(Cl)ccc2[nH]1. The van der Waals surface area contributed by atoms with Gasteiger partial charge in [-0.05, 0) is 48.6 Å². The lowest BCUT2D eigenvalue weighted by molar-refractivity contribution is 0.0996. The molecule has 0 radical (unpaired) electrons. The van der Waals surface area contributed by atoms with E-state index in [4.69, 9.17) is 17.3 Å². The molecule has 25 heavy (non-hydrogen) atoms. The zero-order valence-electron chi connectivity index (χ0n) is 14.3. The summed E-state index contributed by atoms with van der Waals surface area (Å²) < 4.78 is 1.91. The van der Waals surface area contributed by atoms with Crippen LogP contribution in [-0.2, 0) is 7.05 Å². The number of carbonyl (C=O) groups is 1. The van der Waals surface area contributed by atoms with Crippen LogP contribution in [0, 0.1) is 0 Å². The van der Waals surface area contributed by atoms with E-state index < -0.39 is 5.91 Å². The zero-order chi connectivity index (χ0) is 17.8. The van der Waals surface area contributed by atoms with E-state index in [1.54, 1.807) is 18.2 Å². The highest BCUT2D eigenvalue weighted by atomic mass is 35.5. The Morgan fingerprint density at radius 2 is 2.04 bits per heavy atom. The lowest BCUT2D eigenvalue weighted by Crippen LogP contribution is -2.10. The average Bonchev–Trinajstić information content (AvgIpc) is 3.22. The third-order valence-electron chi connectivity index (χ3n) is 4.65. The first-order valence-corrected chi connectivity index (χ1v) is 8.97. The summed E-state index contributed by atoms with van der Waals surface area (Å²) in [5.41, 5.74) is 7.81. The third kappa shape index (κ3) is 4.42. The molecule has 0 unspecified atom stereocenters. The van der Waals surface area contributed by atoms with E-state index in [0.29, 0.717) is 10.7 Å². The quantitative estimate of drug-likeness (QED) is 0.712. The minimum absolute atomic E-state index is 0.400. The first-order valence-electron chi connectivity index (χ1n) is 8.59. The number of hydrogen-bond donors (Lipinski definition) is 2. The molecule has 3 N–H and O–H groups in total. The summed E-state index contributed by atoms with van der Waals surface area (Å²) in [5.74, 6) is 0.333. The normalized spacial score (nSPS) is 15.0. The Kier molecular flexibility index (Phi) is 5.43. The lowest BCUT2D eigenvalue weighted by Gasteiger charge is -2.19. The Bertz CT molecular complexity index is 861. The van der Waals surface area contributed by atoms with Crippen LogP contribution in [0.1, 0.15) is 54.1 Å². The van der Waals surface area contributed by atoms with Gasteiger partial charge in [0.2, 0.25) is 0 Å². The Labute approximate surface area is 152 Å². The average molecular weight is 359 g/mol. The minimum Gasteiger partial charge on any atom is -0.364 e. The first kappa shape index (κ1) is 17.5. The van der Waals surface area contributed by atoms with Crippen LogP contribution in [0.5, 0.6) is 0 Å². The number of carbonyl (C=O) groups excluding carboxylic acids is 1. The molecule has 0 spiro atoms. The number of primary amides is 1. The maximum absolute atomic E-state index is 10.8. The van der Waals surface area contributed by atoms with Gasteiger partial charge in [-0.1, -0.05) is 30.9 Å². The van der Waals surface area contributed by atoms with E-state index in [1.807, 2.05) is 24.0 Å². The molecule has 1 aliphatic rings. The van der Waals surface area contributed by atoms with Crippen LogP contribution in [0.25, 0.3) is 10.9 Å². The fourth-order valence-electron chi connectivity index (χ4n) is 3.32. The van der Waals surface area contributed by atoms with Crippen LogP contribution in [0.15, 0.2) is 36.7 Å². The van der Waals surface area contributed by atoms with E-state index in [9.17, 15) is 4.79 Å². The first-order chi connectivity index (χ1) is 12.0. The summed E-state index contributed by atoms with van der Waals surface area (Å²) >= 11 is 5.78. The number of hydrogen-bond acceptors (Lipinski definition) is 2. The van der Waals surface area contributed by atoms with Crippen LogP contribution >= 0.6 is 11.6 Å². The number of rotatable bonds is 2. The van der Waals surface area contributed by atoms with Gasteiger partial charge >= 0.3 is 0 Å². The standard InChI is InChI=1S/C10H16N2.C9H7ClN2O/c1-12-8-10(7-11-12)9-5-3-2-4-6-9;10-6-1-2-7-5(3-6)4-8(12-7)9(11)13/h7-9H,2-6H2,1H3;1-4,12H,(H2,11,13). The van der Waals surface area contributed by atoms with Crippen molar-refractivity contribution in [3.05, 3.63) is 52.9 Å². The third-order valence-corrected chi connectivity index (χ3v) is 4.88. The molecule has 2 heterocycles. The van der Waals surface area contributed by atoms with Crippen molar-refractivity contribution in [2.75, 3.05) is 0 Å². The van der Waals surface area contributed by atoms with Gasteiger partial charge in [-0.2, -0.15) is 5.10 Å². The predicted molar refractivity (Wildman–Crippen MR) is 101 cm³/mol. The lowest BCUT2D eigenvalue weighted by atomic mass is 9.86. The maximum atomic E-state index is 10.8. The second-order valence-electron chi connectivity index (χ2n) is 6.56. The number of amides is 1. The van der Waals surface area contributed by atoms with E-state index >= 15 is 0 Å². The Morgan fingerprint density at radius 3 is 2.68 bits per heavy atom. The molecule has 0 bridgehead atoms. The van der Waals surface area contributed by atoms with Crippen LogP contribution < -0.4 is 5.73 Å². The minimum atomic E-state index is -0.465. The van der Waals surface area contributed by atoms with Crippen LogP contribution in [0.2, 0.25) is 5.02 Å². The van der Waals surface area contributed by atoms with Crippen molar-refractivity contribution < 1.29 is 4.79 Å². The van der Waals surface area contributed by atoms with Crippen LogP contribution in [-0.4, -0.2) is 20.7 Å². The predicted octanol–water partition coefficient (Wildman–Crippen LogP) is 4.39. The van der Waals surface area contributed by atoms with Gasteiger partial charge in [-0.15, -0.1) is 0 Å². The molecule has 1 saturated carbocycles. The van der Waals surface area contributed by atoms with Crippen molar-refractivity contribution in [3.63, 3.8) is 0 Å². The van der Waals surface area contributed by atoms with Crippen molar-refractivity contribution in [2.24, 2.45) is 12.8 Å². The van der Waals surface area contributed by atoms with E-state index in [2.05, 4.69) is 16.3 Å². The molecule has 1 aliphatic carbocycles. The number of aryl methyl sites for hydroxylation is 1. The van der Waals surface area contributed by atoms with Crippen molar-refractivity contribution in [1.29, 1.82) is 0 Å². The van der Waals surface area contributed by atoms with Gasteiger partial charge in [0.1, 0.15) is 5.69 Å². The molecule has 1 fully saturated rings. The number of H-pyrrole nitrogens is 1. The molecular formula is C19H23ClN4O. The molecule has 1 aromatic carbocycles. The number of aromatic nitrogens is 3. The van der Waals surface area contributed by atoms with Gasteiger partial charge in [0, 0.05) is 29.2 Å². The number of nitrogens with two attached hydrogens (primary N) is 1. The summed E-state index contributed by atoms with van der Waals surface area (Å²) in [4.78, 5) is 13.7. The highest BCUT2D eigenvalue weighted by Gasteiger charge is 2.16. The van der Waals surface area contributed by atoms with Gasteiger partial charge in [0.05, 0.1) is 6.20 Å². The monoisotopic (exact) mass is 358 g/mol. The highest BCUT2D eigenvalue weighted by Crippen LogP contribution is 2.31. The summed E-state index contributed by atoms with van der Waals surface area (Å²) in [6.45, 7) is 0. The molecule has 4 rings (SSSR count). The van der Waals surface area contributed by atoms with Crippen molar-refractivity contribution in [2.45, 2.75) is 38.0 Å². The molecule has 3 aromatic rings. The topological polar surface area (TPSA) is 76.7 Å². The molecule has 1 amide bonds. The fourth-order valence-corrected chi connectivity index (χ4v) is 3.50. The zero-order valence-corrected chi connectivity index (χ0v) is 15.1. The second-order valence-corrected chi connectivity index (χ2v) is 7.00. The van der Waals surface area contributed by atoms with Crippen LogP contribution in [0.4, 0.5) is 0 Å². The Hall–Kier alpha value is -2.27. The van der Waals surface area contributed by atoms with Crippen molar-refractivity contribution in [3.8, 4) is 0 Å². The van der Waals surface area contributed by atoms with Crippen LogP contribution in [0.3, 0.4) is 0 Å². The van der Waals surface area contributed by atoms with E-state index in [-0.39, 0.29) is 0 Å². The maximum Gasteiger partial charge on any atom is 0.265 e. The summed E-state index contributed by atoms with van der Waals surface area (Å²) in [6, 6.07) is 7.03. The summed E-state index contributed by atoms with van der Waals surface area (Å²) in [5, 5.41) is 5.74. The number of nitrogens with one attached hydrogen (secondary N) is 1. The number of benzene rings is 1. The molecular weight excluding hydrogens is 336 g/mol. The Morgan fingerprint density at radius 1 is 1.28 bits per heavy atom. The van der Waals surface area contributed by atoms with E-state index in [0.717, 1.165) is 16.8 Å². The smallest absolute Gasteiger partial charge is 0.265 e. The van der Waals surface area contributed by atoms with Gasteiger partial charge < -0.3 is 10.7 Å². The summed E-state index contributed by atoms with van der Waals surface area (Å²) in [6.07, 6.45) is 11.2. The van der Waals surface area contributed by atoms with Gasteiger partial charge in [0.25, 0.3) is 5.91 Å². The fraction of sp³-hybridized carbons (Fsp3) is 0.368. The molecule has 6 heteroatoms. The number of fused-ring (bicyclic) bond motifs is 1. The number of nitrogens with zero attached hydrogens (tertiary/aromatic N) is 2. The molecule has 0 atom stereocenters. The van der Waals surface area contributed by atoms with Crippen molar-refractivity contribution in [1.82, 2.24) is 14.8 Å². The Balaban J connectivity index is 0.000000146. The highest BCUT2D eigenvalue weighted by molar-refractivity contribution is 6.31. The number of aromatic amines is 1. The van der Waals surface area contributed by atoms with Crippen molar-refractivity contribution >= 4 is 28.4 Å². The van der Waals surface area contributed by atoms with Gasteiger partial charge in [0.15, 0.2) is 0 Å². The molecule has 2 aromatic heterocycles. The van der Waals surface area contributed by atoms with Gasteiger partial charge in [-0.3, -0.25) is 9.48 Å².